The number of anilines is 1. The lowest BCUT2D eigenvalue weighted by molar-refractivity contribution is 0.337. The van der Waals surface area contributed by atoms with E-state index in [0.717, 1.165) is 15.8 Å². The molecule has 18 heavy (non-hydrogen) atoms. The standard InChI is InChI=1S/C11H19N5O2/c1-14(8-4-5-8)7-6-12-9-10(17)15(2)11(18)16(3)13-9/h8H,4-7H2,1-3H3,(H,12,13). The van der Waals surface area contributed by atoms with Crippen LogP contribution in [-0.2, 0) is 14.1 Å². The van der Waals surface area contributed by atoms with Crippen molar-refractivity contribution < 1.29 is 0 Å². The van der Waals surface area contributed by atoms with Crippen molar-refractivity contribution in [3.8, 4) is 0 Å². The maximum absolute atomic E-state index is 11.8. The van der Waals surface area contributed by atoms with Gasteiger partial charge in [0.05, 0.1) is 0 Å². The summed E-state index contributed by atoms with van der Waals surface area (Å²) < 4.78 is 2.22. The Hall–Kier alpha value is -1.63. The monoisotopic (exact) mass is 253 g/mol. The lowest BCUT2D eigenvalue weighted by Crippen LogP contribution is -2.40. The average Bonchev–Trinajstić information content (AvgIpc) is 3.17. The second-order valence-corrected chi connectivity index (χ2v) is 4.76. The van der Waals surface area contributed by atoms with Crippen molar-refractivity contribution in [3.63, 3.8) is 0 Å². The molecule has 0 unspecified atom stereocenters. The van der Waals surface area contributed by atoms with E-state index in [-0.39, 0.29) is 11.4 Å². The highest BCUT2D eigenvalue weighted by Gasteiger charge is 2.25. The Balaban J connectivity index is 2.01. The molecule has 2 rings (SSSR count). The van der Waals surface area contributed by atoms with Gasteiger partial charge in [0.15, 0.2) is 0 Å². The topological polar surface area (TPSA) is 72.2 Å². The van der Waals surface area contributed by atoms with E-state index >= 15 is 0 Å². The molecular weight excluding hydrogens is 234 g/mol. The average molecular weight is 253 g/mol. The van der Waals surface area contributed by atoms with Crippen molar-refractivity contribution in [2.75, 3.05) is 25.5 Å². The molecule has 1 aliphatic rings. The highest BCUT2D eigenvalue weighted by Crippen LogP contribution is 2.24. The molecule has 1 aromatic heterocycles. The van der Waals surface area contributed by atoms with Gasteiger partial charge in [-0.1, -0.05) is 0 Å². The summed E-state index contributed by atoms with van der Waals surface area (Å²) in [6.45, 7) is 1.51. The third-order valence-electron chi connectivity index (χ3n) is 3.25. The van der Waals surface area contributed by atoms with Crippen LogP contribution in [0.3, 0.4) is 0 Å². The van der Waals surface area contributed by atoms with E-state index in [0.29, 0.717) is 12.6 Å². The van der Waals surface area contributed by atoms with Gasteiger partial charge in [0.2, 0.25) is 5.82 Å². The third-order valence-corrected chi connectivity index (χ3v) is 3.25. The minimum absolute atomic E-state index is 0.226. The van der Waals surface area contributed by atoms with Gasteiger partial charge in [-0.2, -0.15) is 0 Å². The summed E-state index contributed by atoms with van der Waals surface area (Å²) in [7, 11) is 5.06. The van der Waals surface area contributed by atoms with Crippen LogP contribution in [0, 0.1) is 0 Å². The highest BCUT2D eigenvalue weighted by molar-refractivity contribution is 5.29. The first-order chi connectivity index (χ1) is 8.50. The largest absolute Gasteiger partial charge is 0.363 e. The predicted octanol–water partition coefficient (Wildman–Crippen LogP) is -1.01. The van der Waals surface area contributed by atoms with E-state index in [1.54, 1.807) is 0 Å². The highest BCUT2D eigenvalue weighted by atomic mass is 16.2. The van der Waals surface area contributed by atoms with Gasteiger partial charge in [-0.15, -0.1) is 5.10 Å². The number of aromatic nitrogens is 3. The van der Waals surface area contributed by atoms with Crippen LogP contribution < -0.4 is 16.6 Å². The second-order valence-electron chi connectivity index (χ2n) is 4.76. The van der Waals surface area contributed by atoms with Crippen LogP contribution >= 0.6 is 0 Å². The van der Waals surface area contributed by atoms with E-state index in [1.807, 2.05) is 0 Å². The zero-order chi connectivity index (χ0) is 13.3. The summed E-state index contributed by atoms with van der Waals surface area (Å²) in [5.74, 6) is 0.226. The van der Waals surface area contributed by atoms with Gasteiger partial charge >= 0.3 is 5.69 Å². The minimum atomic E-state index is -0.416. The fraction of sp³-hybridized carbons (Fsp3) is 0.727. The van der Waals surface area contributed by atoms with Crippen LogP contribution in [0.2, 0.25) is 0 Å². The predicted molar refractivity (Wildman–Crippen MR) is 68.9 cm³/mol. The molecule has 0 radical (unpaired) electrons. The zero-order valence-corrected chi connectivity index (χ0v) is 11.0. The van der Waals surface area contributed by atoms with Gasteiger partial charge in [0, 0.05) is 33.2 Å². The fourth-order valence-electron chi connectivity index (χ4n) is 1.86. The summed E-state index contributed by atoms with van der Waals surface area (Å²) in [5.41, 5.74) is -0.798. The molecule has 7 nitrogen and oxygen atoms in total. The molecule has 0 bridgehead atoms. The Morgan fingerprint density at radius 1 is 1.39 bits per heavy atom. The molecule has 1 aromatic rings. The molecule has 1 fully saturated rings. The normalized spacial score (nSPS) is 15.1. The van der Waals surface area contributed by atoms with Gasteiger partial charge in [-0.3, -0.25) is 9.36 Å². The molecule has 0 atom stereocenters. The van der Waals surface area contributed by atoms with Crippen molar-refractivity contribution in [1.29, 1.82) is 0 Å². The molecular formula is C11H19N5O2. The molecule has 0 amide bonds. The van der Waals surface area contributed by atoms with Crippen LogP contribution in [0.1, 0.15) is 12.8 Å². The molecule has 1 N–H and O–H groups in total. The summed E-state index contributed by atoms with van der Waals surface area (Å²) in [6.07, 6.45) is 2.52. The van der Waals surface area contributed by atoms with E-state index in [4.69, 9.17) is 0 Å². The molecule has 1 heterocycles. The Morgan fingerprint density at radius 3 is 2.67 bits per heavy atom. The first kappa shape index (κ1) is 12.8. The maximum atomic E-state index is 11.8. The van der Waals surface area contributed by atoms with Crippen LogP contribution in [0.5, 0.6) is 0 Å². The van der Waals surface area contributed by atoms with Gasteiger partial charge < -0.3 is 10.2 Å². The van der Waals surface area contributed by atoms with E-state index in [1.165, 1.54) is 26.9 Å². The van der Waals surface area contributed by atoms with E-state index in [9.17, 15) is 9.59 Å². The number of nitrogens with one attached hydrogen (secondary N) is 1. The number of likely N-dealkylation sites (N-methyl/N-ethyl adjacent to an activating group) is 1. The number of hydrogen-bond acceptors (Lipinski definition) is 5. The molecule has 1 aliphatic carbocycles. The number of hydrogen-bond donors (Lipinski definition) is 1. The quantitative estimate of drug-likeness (QED) is 0.727. The molecule has 0 aliphatic heterocycles. The molecule has 0 saturated heterocycles. The summed E-state index contributed by atoms with van der Waals surface area (Å²) in [5, 5.41) is 6.92. The summed E-state index contributed by atoms with van der Waals surface area (Å²) in [6, 6.07) is 0.697. The SMILES string of the molecule is CN(CCNc1nn(C)c(=O)n(C)c1=O)C1CC1. The lowest BCUT2D eigenvalue weighted by atomic mass is 10.5. The van der Waals surface area contributed by atoms with E-state index < -0.39 is 5.69 Å². The first-order valence-electron chi connectivity index (χ1n) is 6.09. The molecule has 7 heteroatoms. The lowest BCUT2D eigenvalue weighted by Gasteiger charge is -2.15. The molecule has 0 aromatic carbocycles. The van der Waals surface area contributed by atoms with Crippen molar-refractivity contribution in [2.24, 2.45) is 14.1 Å². The van der Waals surface area contributed by atoms with Crippen LogP contribution in [0.25, 0.3) is 0 Å². The maximum Gasteiger partial charge on any atom is 0.346 e. The first-order valence-corrected chi connectivity index (χ1v) is 6.09. The number of rotatable bonds is 5. The fourth-order valence-corrected chi connectivity index (χ4v) is 1.86. The molecule has 0 spiro atoms. The van der Waals surface area contributed by atoms with Crippen molar-refractivity contribution in [3.05, 3.63) is 20.8 Å². The Labute approximate surface area is 105 Å². The van der Waals surface area contributed by atoms with Gasteiger partial charge in [0.1, 0.15) is 0 Å². The summed E-state index contributed by atoms with van der Waals surface area (Å²) >= 11 is 0. The Bertz CT molecular complexity index is 543. The van der Waals surface area contributed by atoms with E-state index in [2.05, 4.69) is 22.4 Å². The Morgan fingerprint density at radius 2 is 2.06 bits per heavy atom. The van der Waals surface area contributed by atoms with Crippen molar-refractivity contribution in [2.45, 2.75) is 18.9 Å². The Kier molecular flexibility index (Phi) is 3.51. The zero-order valence-electron chi connectivity index (χ0n) is 11.0. The van der Waals surface area contributed by atoms with Gasteiger partial charge in [0.25, 0.3) is 5.56 Å². The third kappa shape index (κ3) is 2.61. The smallest absolute Gasteiger partial charge is 0.346 e. The number of nitrogens with zero attached hydrogens (tertiary/aromatic N) is 4. The second kappa shape index (κ2) is 4.93. The van der Waals surface area contributed by atoms with Crippen molar-refractivity contribution >= 4 is 5.82 Å². The number of aryl methyl sites for hydroxylation is 1. The minimum Gasteiger partial charge on any atom is -0.363 e. The van der Waals surface area contributed by atoms with Crippen LogP contribution in [0.4, 0.5) is 5.82 Å². The van der Waals surface area contributed by atoms with Crippen LogP contribution in [0.15, 0.2) is 9.59 Å². The summed E-state index contributed by atoms with van der Waals surface area (Å²) in [4.78, 5) is 25.5. The van der Waals surface area contributed by atoms with Crippen LogP contribution in [-0.4, -0.2) is 45.4 Å². The molecule has 1 saturated carbocycles. The van der Waals surface area contributed by atoms with Crippen molar-refractivity contribution in [1.82, 2.24) is 19.2 Å². The van der Waals surface area contributed by atoms with Gasteiger partial charge in [-0.25, -0.2) is 9.48 Å². The molecule has 100 valence electrons. The van der Waals surface area contributed by atoms with Gasteiger partial charge in [-0.05, 0) is 19.9 Å².